The van der Waals surface area contributed by atoms with Gasteiger partial charge in [0, 0.05) is 25.2 Å². The first kappa shape index (κ1) is 12.4. The molecule has 0 saturated carbocycles. The summed E-state index contributed by atoms with van der Waals surface area (Å²) < 4.78 is 5.27. The molecule has 2 rings (SSSR count). The number of anilines is 1. The van der Waals surface area contributed by atoms with Crippen LogP contribution in [0.4, 0.5) is 5.69 Å². The van der Waals surface area contributed by atoms with E-state index in [1.807, 2.05) is 0 Å². The Labute approximate surface area is 106 Å². The van der Waals surface area contributed by atoms with Crippen LogP contribution in [0.1, 0.15) is 29.6 Å². The van der Waals surface area contributed by atoms with E-state index in [9.17, 15) is 4.79 Å². The molecule has 4 heteroatoms. The van der Waals surface area contributed by atoms with Gasteiger partial charge >= 0.3 is 0 Å². The van der Waals surface area contributed by atoms with Crippen LogP contribution in [0.2, 0.25) is 5.02 Å². The zero-order valence-electron chi connectivity index (χ0n) is 9.62. The number of benzene rings is 1. The molecule has 0 bridgehead atoms. The molecule has 3 nitrogen and oxygen atoms in total. The number of Topliss-reactive ketones (excluding diaryl/α,β-unsaturated/α-hetero) is 1. The Morgan fingerprint density at radius 2 is 2.12 bits per heavy atom. The van der Waals surface area contributed by atoms with Crippen LogP contribution in [0.5, 0.6) is 0 Å². The lowest BCUT2D eigenvalue weighted by molar-refractivity contribution is 0.0601. The molecule has 0 amide bonds. The molecular formula is C13H16ClNO2. The van der Waals surface area contributed by atoms with E-state index in [-0.39, 0.29) is 5.78 Å². The second-order valence-electron chi connectivity index (χ2n) is 4.42. The van der Waals surface area contributed by atoms with Crippen LogP contribution in [0.25, 0.3) is 0 Å². The number of ether oxygens (including phenoxy) is 1. The molecule has 92 valence electrons. The van der Waals surface area contributed by atoms with Gasteiger partial charge in [-0.1, -0.05) is 11.6 Å². The molecule has 0 unspecified atom stereocenters. The quantitative estimate of drug-likeness (QED) is 0.666. The summed E-state index contributed by atoms with van der Waals surface area (Å²) in [5.74, 6) is 0.577. The van der Waals surface area contributed by atoms with E-state index in [0.717, 1.165) is 26.1 Å². The standard InChI is InChI=1S/C13H16ClNO2/c14-11-2-1-10(8-12(11)15)13(16)7-9-3-5-17-6-4-9/h1-2,8-9H,3-7,15H2. The third kappa shape index (κ3) is 3.20. The Hall–Kier alpha value is -1.06. The fraction of sp³-hybridized carbons (Fsp3) is 0.462. The van der Waals surface area contributed by atoms with Gasteiger partial charge in [-0.15, -0.1) is 0 Å². The van der Waals surface area contributed by atoms with Crippen molar-refractivity contribution in [2.24, 2.45) is 5.92 Å². The summed E-state index contributed by atoms with van der Waals surface area (Å²) >= 11 is 5.82. The van der Waals surface area contributed by atoms with E-state index in [1.165, 1.54) is 0 Å². The molecule has 1 aliphatic rings. The summed E-state index contributed by atoms with van der Waals surface area (Å²) in [4.78, 5) is 12.0. The SMILES string of the molecule is Nc1cc(C(=O)CC2CCOCC2)ccc1Cl. The minimum Gasteiger partial charge on any atom is -0.398 e. The molecule has 1 fully saturated rings. The van der Waals surface area contributed by atoms with Gasteiger partial charge in [0.1, 0.15) is 0 Å². The lowest BCUT2D eigenvalue weighted by Gasteiger charge is -2.21. The highest BCUT2D eigenvalue weighted by Gasteiger charge is 2.18. The Balaban J connectivity index is 2.01. The Kier molecular flexibility index (Phi) is 4.02. The highest BCUT2D eigenvalue weighted by Crippen LogP contribution is 2.24. The maximum atomic E-state index is 12.0. The van der Waals surface area contributed by atoms with Gasteiger partial charge in [0.2, 0.25) is 0 Å². The van der Waals surface area contributed by atoms with Gasteiger partial charge in [-0.3, -0.25) is 4.79 Å². The molecule has 0 aromatic heterocycles. The van der Waals surface area contributed by atoms with Crippen LogP contribution in [-0.2, 0) is 4.74 Å². The number of hydrogen-bond acceptors (Lipinski definition) is 3. The van der Waals surface area contributed by atoms with Crippen molar-refractivity contribution in [3.05, 3.63) is 28.8 Å². The maximum Gasteiger partial charge on any atom is 0.163 e. The maximum absolute atomic E-state index is 12.0. The second kappa shape index (κ2) is 5.52. The summed E-state index contributed by atoms with van der Waals surface area (Å²) in [6, 6.07) is 5.07. The van der Waals surface area contributed by atoms with Crippen molar-refractivity contribution in [2.45, 2.75) is 19.3 Å². The number of rotatable bonds is 3. The molecule has 0 radical (unpaired) electrons. The van der Waals surface area contributed by atoms with E-state index in [4.69, 9.17) is 22.1 Å². The first-order valence-corrected chi connectivity index (χ1v) is 6.20. The van der Waals surface area contributed by atoms with Crippen LogP contribution < -0.4 is 5.73 Å². The van der Waals surface area contributed by atoms with Gasteiger partial charge in [0.05, 0.1) is 10.7 Å². The van der Waals surface area contributed by atoms with Gasteiger partial charge in [0.15, 0.2) is 5.78 Å². The third-order valence-electron chi connectivity index (χ3n) is 3.13. The minimum absolute atomic E-state index is 0.139. The zero-order chi connectivity index (χ0) is 12.3. The van der Waals surface area contributed by atoms with Gasteiger partial charge in [-0.05, 0) is 37.0 Å². The highest BCUT2D eigenvalue weighted by atomic mass is 35.5. The summed E-state index contributed by atoms with van der Waals surface area (Å²) in [5.41, 5.74) is 6.80. The molecule has 1 aromatic rings. The first-order chi connectivity index (χ1) is 8.16. The third-order valence-corrected chi connectivity index (χ3v) is 3.48. The summed E-state index contributed by atoms with van der Waals surface area (Å²) in [6.07, 6.45) is 2.51. The van der Waals surface area contributed by atoms with Crippen molar-refractivity contribution in [1.29, 1.82) is 0 Å². The number of nitrogens with two attached hydrogens (primary N) is 1. The van der Waals surface area contributed by atoms with Crippen LogP contribution in [-0.4, -0.2) is 19.0 Å². The number of carbonyl (C=O) groups is 1. The number of carbonyl (C=O) groups excluding carboxylic acids is 1. The monoisotopic (exact) mass is 253 g/mol. The average Bonchev–Trinajstić information content (AvgIpc) is 2.34. The van der Waals surface area contributed by atoms with E-state index in [0.29, 0.717) is 28.6 Å². The molecule has 2 N–H and O–H groups in total. The topological polar surface area (TPSA) is 52.3 Å². The van der Waals surface area contributed by atoms with Crippen LogP contribution in [0.15, 0.2) is 18.2 Å². The predicted octanol–water partition coefficient (Wildman–Crippen LogP) is 2.92. The highest BCUT2D eigenvalue weighted by molar-refractivity contribution is 6.33. The van der Waals surface area contributed by atoms with E-state index >= 15 is 0 Å². The van der Waals surface area contributed by atoms with Gasteiger partial charge in [0.25, 0.3) is 0 Å². The average molecular weight is 254 g/mol. The van der Waals surface area contributed by atoms with Crippen molar-refractivity contribution >= 4 is 23.1 Å². The molecular weight excluding hydrogens is 238 g/mol. The smallest absolute Gasteiger partial charge is 0.163 e. The minimum atomic E-state index is 0.139. The molecule has 0 aliphatic carbocycles. The normalized spacial score (nSPS) is 17.0. The van der Waals surface area contributed by atoms with Gasteiger partial charge < -0.3 is 10.5 Å². The zero-order valence-corrected chi connectivity index (χ0v) is 10.4. The van der Waals surface area contributed by atoms with E-state index in [2.05, 4.69) is 0 Å². The van der Waals surface area contributed by atoms with Crippen LogP contribution in [0, 0.1) is 5.92 Å². The molecule has 1 saturated heterocycles. The number of hydrogen-bond donors (Lipinski definition) is 1. The summed E-state index contributed by atoms with van der Waals surface area (Å²) in [6.45, 7) is 1.53. The number of nitrogen functional groups attached to an aromatic ring is 1. The predicted molar refractivity (Wildman–Crippen MR) is 68.4 cm³/mol. The van der Waals surface area contributed by atoms with Gasteiger partial charge in [-0.25, -0.2) is 0 Å². The van der Waals surface area contributed by atoms with E-state index in [1.54, 1.807) is 18.2 Å². The molecule has 17 heavy (non-hydrogen) atoms. The largest absolute Gasteiger partial charge is 0.398 e. The van der Waals surface area contributed by atoms with Crippen molar-refractivity contribution < 1.29 is 9.53 Å². The van der Waals surface area contributed by atoms with Crippen LogP contribution in [0.3, 0.4) is 0 Å². The van der Waals surface area contributed by atoms with Crippen molar-refractivity contribution in [2.75, 3.05) is 18.9 Å². The summed E-state index contributed by atoms with van der Waals surface area (Å²) in [5, 5.41) is 0.493. The van der Waals surface area contributed by atoms with Gasteiger partial charge in [-0.2, -0.15) is 0 Å². The molecule has 1 aliphatic heterocycles. The molecule has 0 atom stereocenters. The number of ketones is 1. The van der Waals surface area contributed by atoms with Crippen LogP contribution >= 0.6 is 11.6 Å². The molecule has 1 aromatic carbocycles. The fourth-order valence-corrected chi connectivity index (χ4v) is 2.17. The first-order valence-electron chi connectivity index (χ1n) is 5.83. The summed E-state index contributed by atoms with van der Waals surface area (Å²) in [7, 11) is 0. The van der Waals surface area contributed by atoms with Crippen molar-refractivity contribution in [3.63, 3.8) is 0 Å². The lowest BCUT2D eigenvalue weighted by atomic mass is 9.92. The Morgan fingerprint density at radius 3 is 2.76 bits per heavy atom. The second-order valence-corrected chi connectivity index (χ2v) is 4.83. The van der Waals surface area contributed by atoms with Crippen molar-refractivity contribution in [3.8, 4) is 0 Å². The lowest BCUT2D eigenvalue weighted by Crippen LogP contribution is -2.18. The number of halogens is 1. The Morgan fingerprint density at radius 1 is 1.41 bits per heavy atom. The Bertz CT molecular complexity index is 414. The molecule has 1 heterocycles. The molecule has 0 spiro atoms. The fourth-order valence-electron chi connectivity index (χ4n) is 2.05. The van der Waals surface area contributed by atoms with Crippen molar-refractivity contribution in [1.82, 2.24) is 0 Å². The van der Waals surface area contributed by atoms with E-state index < -0.39 is 0 Å².